The number of esters is 1. The minimum atomic E-state index is -3.75. The molecule has 26 heavy (non-hydrogen) atoms. The van der Waals surface area contributed by atoms with Gasteiger partial charge in [0.25, 0.3) is 0 Å². The smallest absolute Gasteiger partial charge is 0.310 e. The van der Waals surface area contributed by atoms with Gasteiger partial charge in [-0.2, -0.15) is 0 Å². The van der Waals surface area contributed by atoms with Crippen LogP contribution in [0.5, 0.6) is 11.5 Å². The lowest BCUT2D eigenvalue weighted by Crippen LogP contribution is -2.14. The lowest BCUT2D eigenvalue weighted by molar-refractivity contribution is -0.143. The van der Waals surface area contributed by atoms with Crippen molar-refractivity contribution in [2.24, 2.45) is 5.14 Å². The quantitative estimate of drug-likeness (QED) is 0.549. The molecule has 0 atom stereocenters. The molecule has 0 saturated carbocycles. The van der Waals surface area contributed by atoms with Gasteiger partial charge in [0.05, 0.1) is 18.4 Å². The van der Waals surface area contributed by atoms with Crippen LogP contribution in [0.25, 0.3) is 0 Å². The highest BCUT2D eigenvalue weighted by atomic mass is 32.2. The zero-order valence-electron chi connectivity index (χ0n) is 14.0. The van der Waals surface area contributed by atoms with Gasteiger partial charge < -0.3 is 14.2 Å². The van der Waals surface area contributed by atoms with E-state index in [1.165, 1.54) is 43.5 Å². The summed E-state index contributed by atoms with van der Waals surface area (Å²) in [6, 6.07) is 9.75. The van der Waals surface area contributed by atoms with E-state index in [0.717, 1.165) is 0 Å². The molecule has 0 amide bonds. The van der Waals surface area contributed by atoms with E-state index >= 15 is 0 Å². The number of hydrogen-bond acceptors (Lipinski definition) is 6. The number of halogens is 1. The standard InChI is InChI=1S/C17H18FNO6S/c1-23-16-7-2-12(10-15(16)18)11-17(20)25-9-8-24-13-3-5-14(6-4-13)26(19,21)22/h2-7,10H,8-9,11H2,1H3,(H2,19,21,22). The van der Waals surface area contributed by atoms with Crippen LogP contribution < -0.4 is 14.6 Å². The van der Waals surface area contributed by atoms with Crippen LogP contribution in [0.2, 0.25) is 0 Å². The zero-order chi connectivity index (χ0) is 19.2. The van der Waals surface area contributed by atoms with Crippen LogP contribution >= 0.6 is 0 Å². The number of sulfonamides is 1. The summed E-state index contributed by atoms with van der Waals surface area (Å²) >= 11 is 0. The Morgan fingerprint density at radius 2 is 1.81 bits per heavy atom. The summed E-state index contributed by atoms with van der Waals surface area (Å²) in [5.41, 5.74) is 0.466. The number of primary sulfonamides is 1. The molecule has 0 radical (unpaired) electrons. The molecule has 0 aromatic heterocycles. The summed E-state index contributed by atoms with van der Waals surface area (Å²) in [5, 5.41) is 4.99. The molecule has 0 aliphatic heterocycles. The van der Waals surface area contributed by atoms with Crippen LogP contribution in [0.15, 0.2) is 47.4 Å². The van der Waals surface area contributed by atoms with Gasteiger partial charge in [0.1, 0.15) is 19.0 Å². The van der Waals surface area contributed by atoms with E-state index < -0.39 is 21.8 Å². The fourth-order valence-corrected chi connectivity index (χ4v) is 2.59. The van der Waals surface area contributed by atoms with Crippen LogP contribution in [0.4, 0.5) is 4.39 Å². The molecular formula is C17H18FNO6S. The van der Waals surface area contributed by atoms with Crippen molar-refractivity contribution in [3.8, 4) is 11.5 Å². The zero-order valence-corrected chi connectivity index (χ0v) is 14.8. The van der Waals surface area contributed by atoms with E-state index in [-0.39, 0.29) is 30.3 Å². The Kier molecular flexibility index (Phi) is 6.53. The first-order valence-corrected chi connectivity index (χ1v) is 9.08. The highest BCUT2D eigenvalue weighted by Gasteiger charge is 2.09. The fourth-order valence-electron chi connectivity index (χ4n) is 2.08. The third kappa shape index (κ3) is 5.71. The summed E-state index contributed by atoms with van der Waals surface area (Å²) < 4.78 is 51.0. The lowest BCUT2D eigenvalue weighted by atomic mass is 10.1. The molecule has 7 nitrogen and oxygen atoms in total. The van der Waals surface area contributed by atoms with Gasteiger partial charge >= 0.3 is 5.97 Å². The lowest BCUT2D eigenvalue weighted by Gasteiger charge is -2.08. The van der Waals surface area contributed by atoms with Crippen LogP contribution in [0, 0.1) is 5.82 Å². The molecule has 9 heteroatoms. The SMILES string of the molecule is COc1ccc(CC(=O)OCCOc2ccc(S(N)(=O)=O)cc2)cc1F. The molecule has 2 N–H and O–H groups in total. The first-order valence-electron chi connectivity index (χ1n) is 7.53. The maximum Gasteiger partial charge on any atom is 0.310 e. The number of benzene rings is 2. The number of hydrogen-bond donors (Lipinski definition) is 1. The van der Waals surface area contributed by atoms with Gasteiger partial charge in [-0.15, -0.1) is 0 Å². The third-order valence-electron chi connectivity index (χ3n) is 3.33. The van der Waals surface area contributed by atoms with Crippen LogP contribution in [0.3, 0.4) is 0 Å². The second kappa shape index (κ2) is 8.63. The van der Waals surface area contributed by atoms with Crippen molar-refractivity contribution in [1.29, 1.82) is 0 Å². The molecular weight excluding hydrogens is 365 g/mol. The molecule has 0 saturated heterocycles. The minimum Gasteiger partial charge on any atom is -0.494 e. The summed E-state index contributed by atoms with van der Waals surface area (Å²) in [6.45, 7) is 0.0752. The first-order chi connectivity index (χ1) is 12.3. The van der Waals surface area contributed by atoms with E-state index in [4.69, 9.17) is 19.3 Å². The highest BCUT2D eigenvalue weighted by molar-refractivity contribution is 7.89. The van der Waals surface area contributed by atoms with Crippen molar-refractivity contribution in [3.63, 3.8) is 0 Å². The molecule has 0 spiro atoms. The molecule has 0 fully saturated rings. The molecule has 0 heterocycles. The van der Waals surface area contributed by atoms with Gasteiger partial charge in [-0.1, -0.05) is 6.07 Å². The van der Waals surface area contributed by atoms with Crippen molar-refractivity contribution in [1.82, 2.24) is 0 Å². The summed E-state index contributed by atoms with van der Waals surface area (Å²) in [5.74, 6) is -0.568. The summed E-state index contributed by atoms with van der Waals surface area (Å²) in [4.78, 5) is 11.7. The normalized spacial score (nSPS) is 11.0. The van der Waals surface area contributed by atoms with Gasteiger partial charge in [-0.05, 0) is 42.0 Å². The van der Waals surface area contributed by atoms with Crippen molar-refractivity contribution < 1.29 is 31.8 Å². The molecule has 0 aliphatic rings. The van der Waals surface area contributed by atoms with Gasteiger partial charge in [-0.3, -0.25) is 4.79 Å². The average Bonchev–Trinajstić information content (AvgIpc) is 2.58. The number of nitrogens with two attached hydrogens (primary N) is 1. The molecule has 0 aliphatic carbocycles. The summed E-state index contributed by atoms with van der Waals surface area (Å²) in [7, 11) is -2.40. The van der Waals surface area contributed by atoms with E-state index in [1.54, 1.807) is 6.07 Å². The van der Waals surface area contributed by atoms with Crippen molar-refractivity contribution in [2.45, 2.75) is 11.3 Å². The first kappa shape index (κ1) is 19.7. The molecule has 0 bridgehead atoms. The Morgan fingerprint density at radius 1 is 1.12 bits per heavy atom. The third-order valence-corrected chi connectivity index (χ3v) is 4.26. The molecule has 2 aromatic carbocycles. The van der Waals surface area contributed by atoms with Crippen molar-refractivity contribution in [2.75, 3.05) is 20.3 Å². The van der Waals surface area contributed by atoms with Crippen LogP contribution in [-0.4, -0.2) is 34.7 Å². The Morgan fingerprint density at radius 3 is 2.38 bits per heavy atom. The Bertz CT molecular complexity index is 867. The number of ether oxygens (including phenoxy) is 3. The number of methoxy groups -OCH3 is 1. The molecule has 140 valence electrons. The monoisotopic (exact) mass is 383 g/mol. The topological polar surface area (TPSA) is 105 Å². The minimum absolute atomic E-state index is 0.00555. The Hall–Kier alpha value is -2.65. The number of carbonyl (C=O) groups excluding carboxylic acids is 1. The maximum absolute atomic E-state index is 13.6. The summed E-state index contributed by atoms with van der Waals surface area (Å²) in [6.07, 6.45) is -0.0794. The van der Waals surface area contributed by atoms with E-state index in [1.807, 2.05) is 0 Å². The van der Waals surface area contributed by atoms with Gasteiger partial charge in [0, 0.05) is 0 Å². The second-order valence-corrected chi connectivity index (χ2v) is 6.79. The second-order valence-electron chi connectivity index (χ2n) is 5.23. The van der Waals surface area contributed by atoms with Crippen LogP contribution in [0.1, 0.15) is 5.56 Å². The van der Waals surface area contributed by atoms with E-state index in [9.17, 15) is 17.6 Å². The predicted molar refractivity (Wildman–Crippen MR) is 90.9 cm³/mol. The van der Waals surface area contributed by atoms with E-state index in [0.29, 0.717) is 11.3 Å². The fraction of sp³-hybridized carbons (Fsp3) is 0.235. The predicted octanol–water partition coefficient (Wildman–Crippen LogP) is 1.65. The van der Waals surface area contributed by atoms with Gasteiger partial charge in [0.2, 0.25) is 10.0 Å². The number of rotatable bonds is 8. The number of carbonyl (C=O) groups is 1. The van der Waals surface area contributed by atoms with Crippen molar-refractivity contribution >= 4 is 16.0 Å². The average molecular weight is 383 g/mol. The molecule has 2 rings (SSSR count). The molecule has 2 aromatic rings. The molecule has 0 unspecified atom stereocenters. The van der Waals surface area contributed by atoms with Crippen molar-refractivity contribution in [3.05, 3.63) is 53.8 Å². The Labute approximate surface area is 150 Å². The maximum atomic E-state index is 13.6. The van der Waals surface area contributed by atoms with E-state index in [2.05, 4.69) is 0 Å². The van der Waals surface area contributed by atoms with Crippen LogP contribution in [-0.2, 0) is 26.0 Å². The van der Waals surface area contributed by atoms with Gasteiger partial charge in [-0.25, -0.2) is 17.9 Å². The Balaban J connectivity index is 1.75. The van der Waals surface area contributed by atoms with Gasteiger partial charge in [0.15, 0.2) is 11.6 Å². The largest absolute Gasteiger partial charge is 0.494 e. The highest BCUT2D eigenvalue weighted by Crippen LogP contribution is 2.18.